The molecule has 1 heterocycles. The summed E-state index contributed by atoms with van der Waals surface area (Å²) in [5.74, 6) is 0.0448. The molecule has 2 atom stereocenters. The molecule has 2 aromatic rings. The fourth-order valence-corrected chi connectivity index (χ4v) is 2.58. The summed E-state index contributed by atoms with van der Waals surface area (Å²) in [4.78, 5) is 26.3. The summed E-state index contributed by atoms with van der Waals surface area (Å²) < 4.78 is 0. The van der Waals surface area contributed by atoms with Gasteiger partial charge in [-0.05, 0) is 30.4 Å². The minimum Gasteiger partial charge on any atom is -0.361 e. The zero-order chi connectivity index (χ0) is 16.1. The van der Waals surface area contributed by atoms with E-state index >= 15 is 0 Å². The summed E-state index contributed by atoms with van der Waals surface area (Å²) in [6.45, 7) is 4.02. The number of para-hydroxylation sites is 1. The summed E-state index contributed by atoms with van der Waals surface area (Å²) in [7, 11) is 0. The van der Waals surface area contributed by atoms with Crippen LogP contribution in [0.15, 0.2) is 30.5 Å². The number of H-pyrrole nitrogens is 1. The predicted molar refractivity (Wildman–Crippen MR) is 87.4 cm³/mol. The van der Waals surface area contributed by atoms with Crippen LogP contribution in [0, 0.1) is 5.92 Å². The van der Waals surface area contributed by atoms with Gasteiger partial charge in [-0.2, -0.15) is 0 Å². The first kappa shape index (κ1) is 16.2. The van der Waals surface area contributed by atoms with Gasteiger partial charge in [0.25, 0.3) is 0 Å². The van der Waals surface area contributed by atoms with Crippen LogP contribution < -0.4 is 11.1 Å². The highest BCUT2D eigenvalue weighted by atomic mass is 16.2. The van der Waals surface area contributed by atoms with E-state index in [1.807, 2.05) is 44.3 Å². The molecule has 22 heavy (non-hydrogen) atoms. The number of nitrogens with one attached hydrogen (secondary N) is 2. The van der Waals surface area contributed by atoms with Crippen LogP contribution in [0.25, 0.3) is 10.9 Å². The number of aromatic amines is 1. The first-order valence-corrected chi connectivity index (χ1v) is 7.57. The van der Waals surface area contributed by atoms with E-state index in [1.54, 1.807) is 0 Å². The Balaban J connectivity index is 2.00. The standard InChI is InChI=1S/C17H23N3O2/c1-11(2)7-13(10-21)20-17(22)15(18)8-12-9-19-16-6-4-3-5-14(12)16/h3-6,9-11,13,15,19H,7-8,18H2,1-2H3,(H,20,22)/t13-,15-/m0/s1. The fraction of sp³-hybridized carbons (Fsp3) is 0.412. The lowest BCUT2D eigenvalue weighted by atomic mass is 10.0. The van der Waals surface area contributed by atoms with E-state index in [-0.39, 0.29) is 5.91 Å². The number of carbonyl (C=O) groups excluding carboxylic acids is 2. The average Bonchev–Trinajstić information content (AvgIpc) is 2.89. The van der Waals surface area contributed by atoms with E-state index in [9.17, 15) is 9.59 Å². The number of hydrogen-bond acceptors (Lipinski definition) is 3. The van der Waals surface area contributed by atoms with Crippen LogP contribution in [0.5, 0.6) is 0 Å². The SMILES string of the molecule is CC(C)C[C@@H](C=O)NC(=O)[C@@H](N)Cc1c[nH]c2ccccc12. The summed E-state index contributed by atoms with van der Waals surface area (Å²) in [5.41, 5.74) is 8.02. The van der Waals surface area contributed by atoms with Crippen LogP contribution in [0.4, 0.5) is 0 Å². The molecular formula is C17H23N3O2. The molecule has 0 saturated heterocycles. The first-order valence-electron chi connectivity index (χ1n) is 7.57. The van der Waals surface area contributed by atoms with Crippen molar-refractivity contribution in [3.63, 3.8) is 0 Å². The third-order valence-electron chi connectivity index (χ3n) is 3.67. The second kappa shape index (κ2) is 7.22. The molecule has 4 N–H and O–H groups in total. The lowest BCUT2D eigenvalue weighted by molar-refractivity contribution is -0.125. The molecule has 1 amide bonds. The Hall–Kier alpha value is -2.14. The number of aromatic nitrogens is 1. The van der Waals surface area contributed by atoms with Crippen LogP contribution in [-0.4, -0.2) is 29.3 Å². The number of amides is 1. The van der Waals surface area contributed by atoms with Crippen molar-refractivity contribution >= 4 is 23.1 Å². The summed E-state index contributed by atoms with van der Waals surface area (Å²) in [6, 6.07) is 6.75. The van der Waals surface area contributed by atoms with Gasteiger partial charge in [0.1, 0.15) is 6.29 Å². The Morgan fingerprint density at radius 3 is 2.77 bits per heavy atom. The van der Waals surface area contributed by atoms with Crippen molar-refractivity contribution in [3.05, 3.63) is 36.0 Å². The largest absolute Gasteiger partial charge is 0.361 e. The zero-order valence-electron chi connectivity index (χ0n) is 13.0. The molecule has 0 saturated carbocycles. The second-order valence-electron chi connectivity index (χ2n) is 6.05. The van der Waals surface area contributed by atoms with E-state index < -0.39 is 12.1 Å². The Morgan fingerprint density at radius 1 is 1.36 bits per heavy atom. The van der Waals surface area contributed by atoms with Gasteiger partial charge in [0.05, 0.1) is 12.1 Å². The van der Waals surface area contributed by atoms with Gasteiger partial charge < -0.3 is 20.8 Å². The topological polar surface area (TPSA) is 88.0 Å². The molecule has 0 unspecified atom stereocenters. The van der Waals surface area contributed by atoms with Gasteiger partial charge in [0.15, 0.2) is 0 Å². The van der Waals surface area contributed by atoms with E-state index in [0.29, 0.717) is 18.8 Å². The molecule has 118 valence electrons. The molecule has 0 aliphatic heterocycles. The third kappa shape index (κ3) is 3.95. The van der Waals surface area contributed by atoms with Crippen LogP contribution in [0.2, 0.25) is 0 Å². The molecule has 2 rings (SSSR count). The Kier molecular flexibility index (Phi) is 5.33. The van der Waals surface area contributed by atoms with Gasteiger partial charge in [-0.15, -0.1) is 0 Å². The van der Waals surface area contributed by atoms with E-state index in [2.05, 4.69) is 10.3 Å². The Bertz CT molecular complexity index is 648. The average molecular weight is 301 g/mol. The van der Waals surface area contributed by atoms with Crippen molar-refractivity contribution in [3.8, 4) is 0 Å². The molecule has 1 aromatic heterocycles. The van der Waals surface area contributed by atoms with Crippen molar-refractivity contribution in [1.82, 2.24) is 10.3 Å². The molecule has 0 aliphatic carbocycles. The maximum atomic E-state index is 12.2. The normalized spacial score (nSPS) is 14.0. The molecule has 1 aromatic carbocycles. The van der Waals surface area contributed by atoms with Crippen LogP contribution in [-0.2, 0) is 16.0 Å². The maximum Gasteiger partial charge on any atom is 0.237 e. The number of rotatable bonds is 7. The maximum absolute atomic E-state index is 12.2. The molecular weight excluding hydrogens is 278 g/mol. The molecule has 0 aliphatic rings. The van der Waals surface area contributed by atoms with Crippen molar-refractivity contribution in [2.45, 2.75) is 38.8 Å². The van der Waals surface area contributed by atoms with Crippen molar-refractivity contribution in [2.75, 3.05) is 0 Å². The van der Waals surface area contributed by atoms with Gasteiger partial charge in [-0.3, -0.25) is 4.79 Å². The molecule has 0 bridgehead atoms. The van der Waals surface area contributed by atoms with Crippen molar-refractivity contribution < 1.29 is 9.59 Å². The van der Waals surface area contributed by atoms with Gasteiger partial charge >= 0.3 is 0 Å². The van der Waals surface area contributed by atoms with Gasteiger partial charge in [0.2, 0.25) is 5.91 Å². The predicted octanol–water partition coefficient (Wildman–Crippen LogP) is 1.77. The number of carbonyl (C=O) groups is 2. The Morgan fingerprint density at radius 2 is 2.09 bits per heavy atom. The quantitative estimate of drug-likeness (QED) is 0.681. The van der Waals surface area contributed by atoms with Gasteiger partial charge in [-0.1, -0.05) is 32.0 Å². The smallest absolute Gasteiger partial charge is 0.237 e. The number of aldehydes is 1. The molecule has 5 heteroatoms. The highest BCUT2D eigenvalue weighted by Crippen LogP contribution is 2.18. The van der Waals surface area contributed by atoms with E-state index in [0.717, 1.165) is 22.8 Å². The lowest BCUT2D eigenvalue weighted by Gasteiger charge is -2.18. The number of fused-ring (bicyclic) bond motifs is 1. The highest BCUT2D eigenvalue weighted by molar-refractivity contribution is 5.87. The minimum atomic E-state index is -0.672. The minimum absolute atomic E-state index is 0.289. The second-order valence-corrected chi connectivity index (χ2v) is 6.05. The lowest BCUT2D eigenvalue weighted by Crippen LogP contribution is -2.47. The fourth-order valence-electron chi connectivity index (χ4n) is 2.58. The molecule has 5 nitrogen and oxygen atoms in total. The zero-order valence-corrected chi connectivity index (χ0v) is 13.0. The molecule has 0 spiro atoms. The van der Waals surface area contributed by atoms with Crippen molar-refractivity contribution in [1.29, 1.82) is 0 Å². The van der Waals surface area contributed by atoms with E-state index in [4.69, 9.17) is 5.73 Å². The van der Waals surface area contributed by atoms with Crippen molar-refractivity contribution in [2.24, 2.45) is 11.7 Å². The summed E-state index contributed by atoms with van der Waals surface area (Å²) in [5, 5.41) is 3.79. The third-order valence-corrected chi connectivity index (χ3v) is 3.67. The van der Waals surface area contributed by atoms with E-state index in [1.165, 1.54) is 0 Å². The number of hydrogen-bond donors (Lipinski definition) is 3. The monoisotopic (exact) mass is 301 g/mol. The Labute approximate surface area is 130 Å². The van der Waals surface area contributed by atoms with Gasteiger partial charge in [-0.25, -0.2) is 0 Å². The summed E-state index contributed by atoms with van der Waals surface area (Å²) >= 11 is 0. The number of benzene rings is 1. The highest BCUT2D eigenvalue weighted by Gasteiger charge is 2.20. The first-order chi connectivity index (χ1) is 10.5. The van der Waals surface area contributed by atoms with Crippen LogP contribution >= 0.6 is 0 Å². The van der Waals surface area contributed by atoms with Crippen LogP contribution in [0.3, 0.4) is 0 Å². The van der Waals surface area contributed by atoms with Crippen LogP contribution in [0.1, 0.15) is 25.8 Å². The molecule has 0 radical (unpaired) electrons. The number of nitrogens with two attached hydrogens (primary N) is 1. The molecule has 0 fully saturated rings. The summed E-state index contributed by atoms with van der Waals surface area (Å²) in [6.07, 6.45) is 3.71. The van der Waals surface area contributed by atoms with Gasteiger partial charge in [0, 0.05) is 17.1 Å².